The number of benzene rings is 1. The highest BCUT2D eigenvalue weighted by molar-refractivity contribution is 8.02. The van der Waals surface area contributed by atoms with Gasteiger partial charge < -0.3 is 25.6 Å². The van der Waals surface area contributed by atoms with Gasteiger partial charge in [-0.25, -0.2) is 4.79 Å². The summed E-state index contributed by atoms with van der Waals surface area (Å²) < 4.78 is 10.9. The predicted octanol–water partition coefficient (Wildman–Crippen LogP) is 3.95. The standard InChI is InChI=1S/C26H35N3O5S/c1-6-23(35-15-20-9-7-17(4)13-28-20)24(27)25(30)29-14-19-11-18(8-10-21(19)33-5)12-22(26(31)32)34-16(2)3/h7-11,13,16,22H,6,12,14-15,27H2,1-5H3,(H,29,30)(H,31,32)/b24-23-. The van der Waals surface area contributed by atoms with Crippen LogP contribution in [0.3, 0.4) is 0 Å². The second-order valence-electron chi connectivity index (χ2n) is 8.35. The number of amides is 1. The van der Waals surface area contributed by atoms with Crippen molar-refractivity contribution in [2.24, 2.45) is 5.73 Å². The van der Waals surface area contributed by atoms with Gasteiger partial charge in [0, 0.05) is 35.4 Å². The summed E-state index contributed by atoms with van der Waals surface area (Å²) in [6.07, 6.45) is 1.47. The van der Waals surface area contributed by atoms with Crippen LogP contribution in [-0.4, -0.2) is 41.3 Å². The molecule has 2 rings (SSSR count). The molecule has 2 aromatic rings. The quantitative estimate of drug-likeness (QED) is 0.353. The third-order valence-electron chi connectivity index (χ3n) is 5.15. The SMILES string of the molecule is CC/C(SCc1ccc(C)cn1)=C(/N)C(=O)NCc1cc(CC(OC(C)C)C(=O)O)ccc1OC. The van der Waals surface area contributed by atoms with E-state index in [1.54, 1.807) is 33.1 Å². The molecule has 4 N–H and O–H groups in total. The molecule has 1 aromatic carbocycles. The predicted molar refractivity (Wildman–Crippen MR) is 138 cm³/mol. The molecule has 0 aliphatic heterocycles. The fourth-order valence-electron chi connectivity index (χ4n) is 3.35. The molecule has 0 saturated heterocycles. The van der Waals surface area contributed by atoms with E-state index in [9.17, 15) is 14.7 Å². The Labute approximate surface area is 211 Å². The minimum atomic E-state index is -1.02. The molecule has 0 bridgehead atoms. The summed E-state index contributed by atoms with van der Waals surface area (Å²) in [7, 11) is 1.54. The number of thioether (sulfide) groups is 1. The number of allylic oxidation sites excluding steroid dienone is 1. The highest BCUT2D eigenvalue weighted by Crippen LogP contribution is 2.26. The van der Waals surface area contributed by atoms with Crippen LogP contribution < -0.4 is 15.8 Å². The van der Waals surface area contributed by atoms with E-state index in [1.165, 1.54) is 11.8 Å². The van der Waals surface area contributed by atoms with Crippen molar-refractivity contribution >= 4 is 23.6 Å². The van der Waals surface area contributed by atoms with Gasteiger partial charge in [0.15, 0.2) is 6.10 Å². The Morgan fingerprint density at radius 3 is 2.54 bits per heavy atom. The molecule has 1 heterocycles. The lowest BCUT2D eigenvalue weighted by Gasteiger charge is -2.18. The van der Waals surface area contributed by atoms with Crippen LogP contribution in [0.25, 0.3) is 0 Å². The minimum absolute atomic E-state index is 0.177. The Kier molecular flexibility index (Phi) is 11.1. The largest absolute Gasteiger partial charge is 0.496 e. The van der Waals surface area contributed by atoms with Crippen LogP contribution in [0.2, 0.25) is 0 Å². The van der Waals surface area contributed by atoms with Crippen LogP contribution in [0.4, 0.5) is 0 Å². The summed E-state index contributed by atoms with van der Waals surface area (Å²) in [6, 6.07) is 9.34. The fourth-order valence-corrected chi connectivity index (χ4v) is 4.29. The Morgan fingerprint density at radius 2 is 1.97 bits per heavy atom. The number of nitrogens with zero attached hydrogens (tertiary/aromatic N) is 1. The number of aliphatic carboxylic acids is 1. The number of ether oxygens (including phenoxy) is 2. The van der Waals surface area contributed by atoms with E-state index in [2.05, 4.69) is 10.3 Å². The smallest absolute Gasteiger partial charge is 0.333 e. The van der Waals surface area contributed by atoms with Gasteiger partial charge in [-0.2, -0.15) is 0 Å². The van der Waals surface area contributed by atoms with Gasteiger partial charge in [0.1, 0.15) is 11.4 Å². The number of hydrogen-bond acceptors (Lipinski definition) is 7. The number of carbonyl (C=O) groups is 2. The topological polar surface area (TPSA) is 124 Å². The maximum atomic E-state index is 12.8. The van der Waals surface area contributed by atoms with Gasteiger partial charge in [-0.1, -0.05) is 25.1 Å². The number of rotatable bonds is 13. The summed E-state index contributed by atoms with van der Waals surface area (Å²) in [5.74, 6) is -0.182. The van der Waals surface area contributed by atoms with Crippen molar-refractivity contribution in [1.29, 1.82) is 0 Å². The Morgan fingerprint density at radius 1 is 1.23 bits per heavy atom. The van der Waals surface area contributed by atoms with Gasteiger partial charge in [-0.15, -0.1) is 11.8 Å². The van der Waals surface area contributed by atoms with Crippen LogP contribution in [0, 0.1) is 6.92 Å². The molecule has 0 saturated carbocycles. The zero-order valence-corrected chi connectivity index (χ0v) is 21.8. The summed E-state index contributed by atoms with van der Waals surface area (Å²) in [6.45, 7) is 7.71. The lowest BCUT2D eigenvalue weighted by atomic mass is 10.0. The van der Waals surface area contributed by atoms with Gasteiger partial charge >= 0.3 is 5.97 Å². The highest BCUT2D eigenvalue weighted by Gasteiger charge is 2.21. The summed E-state index contributed by atoms with van der Waals surface area (Å²) in [5.41, 5.74) is 9.85. The molecule has 190 valence electrons. The number of nitrogens with one attached hydrogen (secondary N) is 1. The molecule has 0 aliphatic rings. The number of aryl methyl sites for hydroxylation is 1. The molecule has 0 radical (unpaired) electrons. The first-order valence-corrected chi connectivity index (χ1v) is 12.5. The van der Waals surface area contributed by atoms with Crippen molar-refractivity contribution in [2.45, 2.75) is 65.0 Å². The number of carboxylic acid groups (broad SMARTS) is 1. The number of hydrogen-bond donors (Lipinski definition) is 3. The molecule has 1 atom stereocenters. The molecule has 0 fully saturated rings. The fraction of sp³-hybridized carbons (Fsp3) is 0.423. The van der Waals surface area contributed by atoms with Crippen LogP contribution in [0.1, 0.15) is 49.6 Å². The van der Waals surface area contributed by atoms with Gasteiger partial charge in [0.25, 0.3) is 5.91 Å². The first-order chi connectivity index (χ1) is 16.6. The molecular formula is C26H35N3O5S. The highest BCUT2D eigenvalue weighted by atomic mass is 32.2. The zero-order valence-electron chi connectivity index (χ0n) is 21.0. The molecule has 8 nitrogen and oxygen atoms in total. The Bertz CT molecular complexity index is 1040. The number of carboxylic acids is 1. The lowest BCUT2D eigenvalue weighted by Crippen LogP contribution is -2.30. The molecular weight excluding hydrogens is 466 g/mol. The molecule has 0 spiro atoms. The van der Waals surface area contributed by atoms with E-state index in [4.69, 9.17) is 15.2 Å². The third-order valence-corrected chi connectivity index (χ3v) is 6.45. The molecule has 1 amide bonds. The Balaban J connectivity index is 2.09. The van der Waals surface area contributed by atoms with E-state index in [0.717, 1.165) is 27.3 Å². The van der Waals surface area contributed by atoms with Crippen LogP contribution >= 0.6 is 11.8 Å². The average Bonchev–Trinajstić information content (AvgIpc) is 2.83. The first-order valence-electron chi connectivity index (χ1n) is 11.5. The molecule has 0 aliphatic carbocycles. The van der Waals surface area contributed by atoms with Crippen molar-refractivity contribution in [2.75, 3.05) is 7.11 Å². The third kappa shape index (κ3) is 8.92. The molecule has 35 heavy (non-hydrogen) atoms. The van der Waals surface area contributed by atoms with Gasteiger partial charge in [-0.05, 0) is 50.5 Å². The van der Waals surface area contributed by atoms with Crippen molar-refractivity contribution in [3.63, 3.8) is 0 Å². The normalized spacial score (nSPS) is 12.7. The summed E-state index contributed by atoms with van der Waals surface area (Å²) >= 11 is 1.50. The second kappa shape index (κ2) is 13.7. The number of pyridine rings is 1. The maximum Gasteiger partial charge on any atom is 0.333 e. The maximum absolute atomic E-state index is 12.8. The van der Waals surface area contributed by atoms with Crippen molar-refractivity contribution in [3.05, 3.63) is 69.5 Å². The van der Waals surface area contributed by atoms with Crippen molar-refractivity contribution < 1.29 is 24.2 Å². The van der Waals surface area contributed by atoms with Crippen molar-refractivity contribution in [3.8, 4) is 5.75 Å². The lowest BCUT2D eigenvalue weighted by molar-refractivity contribution is -0.153. The zero-order chi connectivity index (χ0) is 26.0. The van der Waals surface area contributed by atoms with Crippen LogP contribution in [0.5, 0.6) is 5.75 Å². The Hall–Kier alpha value is -3.04. The number of aromatic nitrogens is 1. The average molecular weight is 502 g/mol. The van der Waals surface area contributed by atoms with E-state index in [-0.39, 0.29) is 30.7 Å². The van der Waals surface area contributed by atoms with Crippen LogP contribution in [0.15, 0.2) is 47.1 Å². The molecule has 9 heteroatoms. The van der Waals surface area contributed by atoms with E-state index in [1.807, 2.05) is 38.2 Å². The summed E-state index contributed by atoms with van der Waals surface area (Å²) in [4.78, 5) is 29.5. The monoisotopic (exact) mass is 501 g/mol. The van der Waals surface area contributed by atoms with Gasteiger partial charge in [-0.3, -0.25) is 9.78 Å². The van der Waals surface area contributed by atoms with Gasteiger partial charge in [0.05, 0.1) is 18.9 Å². The van der Waals surface area contributed by atoms with E-state index < -0.39 is 12.1 Å². The van der Waals surface area contributed by atoms with Gasteiger partial charge in [0.2, 0.25) is 0 Å². The van der Waals surface area contributed by atoms with E-state index in [0.29, 0.717) is 17.9 Å². The molecule has 1 unspecified atom stereocenters. The minimum Gasteiger partial charge on any atom is -0.496 e. The first kappa shape index (κ1) is 28.2. The number of carbonyl (C=O) groups excluding carboxylic acids is 1. The number of methoxy groups -OCH3 is 1. The second-order valence-corrected chi connectivity index (χ2v) is 9.42. The van der Waals surface area contributed by atoms with Crippen LogP contribution in [-0.2, 0) is 33.0 Å². The van der Waals surface area contributed by atoms with Crippen molar-refractivity contribution in [1.82, 2.24) is 10.3 Å². The summed E-state index contributed by atoms with van der Waals surface area (Å²) in [5, 5.41) is 12.3. The number of nitrogens with two attached hydrogens (primary N) is 1. The van der Waals surface area contributed by atoms with E-state index >= 15 is 0 Å². The molecule has 1 aromatic heterocycles.